The molecule has 2 atom stereocenters. The number of hydrogen-bond donors (Lipinski definition) is 1. The highest BCUT2D eigenvalue weighted by molar-refractivity contribution is 5.77. The Bertz CT molecular complexity index is 509. The number of benzene rings is 1. The summed E-state index contributed by atoms with van der Waals surface area (Å²) in [6.07, 6.45) is -0.817. The molecule has 18 heavy (non-hydrogen) atoms. The Labute approximate surface area is 105 Å². The minimum absolute atomic E-state index is 0.264. The molecule has 1 N–H and O–H groups in total. The number of hydrogen-bond acceptors (Lipinski definition) is 2. The first-order chi connectivity index (χ1) is 8.63. The summed E-state index contributed by atoms with van der Waals surface area (Å²) in [7, 11) is 0. The summed E-state index contributed by atoms with van der Waals surface area (Å²) in [5.74, 6) is -0.802. The van der Waals surface area contributed by atoms with Crippen LogP contribution in [0.4, 0.5) is 8.78 Å². The van der Waals surface area contributed by atoms with E-state index >= 15 is 0 Å². The molecule has 1 aromatic carbocycles. The lowest BCUT2D eigenvalue weighted by Crippen LogP contribution is -2.35. The van der Waals surface area contributed by atoms with E-state index < -0.39 is 12.3 Å². The van der Waals surface area contributed by atoms with Gasteiger partial charge in [0.25, 0.3) is 0 Å². The molecule has 0 spiro atoms. The third-order valence-corrected chi connectivity index (χ3v) is 3.20. The molecule has 2 aromatic rings. The standard InChI is InChI=1S/C14H17F2NO/c1-3-17-9(2)13(14(15)16)11-4-5-12-10(8-11)6-7-18-12/h4-9,13-14,17H,3H2,1-2H3. The Morgan fingerprint density at radius 1 is 1.28 bits per heavy atom. The maximum Gasteiger partial charge on any atom is 0.246 e. The fraction of sp³-hybridized carbons (Fsp3) is 0.429. The number of fused-ring (bicyclic) bond motifs is 1. The minimum Gasteiger partial charge on any atom is -0.464 e. The third kappa shape index (κ3) is 2.53. The Morgan fingerprint density at radius 3 is 2.72 bits per heavy atom. The van der Waals surface area contributed by atoms with Gasteiger partial charge in [0.15, 0.2) is 0 Å². The number of alkyl halides is 2. The van der Waals surface area contributed by atoms with Crippen molar-refractivity contribution < 1.29 is 13.2 Å². The number of halogens is 2. The highest BCUT2D eigenvalue weighted by Crippen LogP contribution is 2.29. The number of nitrogens with one attached hydrogen (secondary N) is 1. The molecule has 0 saturated carbocycles. The van der Waals surface area contributed by atoms with Gasteiger partial charge in [-0.3, -0.25) is 0 Å². The van der Waals surface area contributed by atoms with Crippen molar-refractivity contribution in [2.24, 2.45) is 0 Å². The molecule has 0 saturated heterocycles. The smallest absolute Gasteiger partial charge is 0.246 e. The summed E-state index contributed by atoms with van der Waals surface area (Å²) in [6.45, 7) is 4.39. The van der Waals surface area contributed by atoms with Gasteiger partial charge in [-0.25, -0.2) is 8.78 Å². The molecule has 0 aliphatic rings. The van der Waals surface area contributed by atoms with E-state index in [-0.39, 0.29) is 6.04 Å². The highest BCUT2D eigenvalue weighted by atomic mass is 19.3. The molecule has 1 aromatic heterocycles. The maximum atomic E-state index is 13.2. The summed E-state index contributed by atoms with van der Waals surface area (Å²) in [5, 5.41) is 3.93. The molecule has 2 nitrogen and oxygen atoms in total. The first kappa shape index (κ1) is 13.0. The van der Waals surface area contributed by atoms with Crippen molar-refractivity contribution in [2.75, 3.05) is 6.54 Å². The maximum absolute atomic E-state index is 13.2. The Hall–Kier alpha value is -1.42. The molecule has 1 heterocycles. The zero-order chi connectivity index (χ0) is 13.1. The van der Waals surface area contributed by atoms with Crippen LogP contribution >= 0.6 is 0 Å². The number of rotatable bonds is 5. The second-order valence-electron chi connectivity index (χ2n) is 4.42. The van der Waals surface area contributed by atoms with E-state index in [1.165, 1.54) is 0 Å². The molecule has 0 amide bonds. The van der Waals surface area contributed by atoms with Gasteiger partial charge in [0.2, 0.25) is 6.43 Å². The van der Waals surface area contributed by atoms with Crippen molar-refractivity contribution in [3.63, 3.8) is 0 Å². The molecular weight excluding hydrogens is 236 g/mol. The van der Waals surface area contributed by atoms with Crippen LogP contribution in [0.15, 0.2) is 34.9 Å². The predicted octanol–water partition coefficient (Wildman–Crippen LogP) is 3.78. The van der Waals surface area contributed by atoms with Crippen LogP contribution in [0.25, 0.3) is 11.0 Å². The van der Waals surface area contributed by atoms with Gasteiger partial charge in [-0.2, -0.15) is 0 Å². The summed E-state index contributed by atoms with van der Waals surface area (Å²) < 4.78 is 31.7. The molecule has 4 heteroatoms. The zero-order valence-corrected chi connectivity index (χ0v) is 10.5. The SMILES string of the molecule is CCNC(C)C(c1ccc2occc2c1)C(F)F. The van der Waals surface area contributed by atoms with E-state index in [2.05, 4.69) is 5.32 Å². The van der Waals surface area contributed by atoms with Crippen LogP contribution in [-0.2, 0) is 0 Å². The van der Waals surface area contributed by atoms with Gasteiger partial charge in [0.05, 0.1) is 12.2 Å². The largest absolute Gasteiger partial charge is 0.464 e. The van der Waals surface area contributed by atoms with Crippen LogP contribution in [0, 0.1) is 0 Å². The first-order valence-corrected chi connectivity index (χ1v) is 6.12. The van der Waals surface area contributed by atoms with E-state index in [4.69, 9.17) is 4.42 Å². The molecule has 2 rings (SSSR count). The van der Waals surface area contributed by atoms with Crippen LogP contribution in [-0.4, -0.2) is 19.0 Å². The Kier molecular flexibility index (Phi) is 3.97. The van der Waals surface area contributed by atoms with Gasteiger partial charge in [0, 0.05) is 11.4 Å². The van der Waals surface area contributed by atoms with Gasteiger partial charge in [-0.15, -0.1) is 0 Å². The van der Waals surface area contributed by atoms with E-state index in [1.807, 2.05) is 6.92 Å². The summed E-state index contributed by atoms with van der Waals surface area (Å²) in [4.78, 5) is 0. The van der Waals surface area contributed by atoms with Crippen LogP contribution in [0.5, 0.6) is 0 Å². The topological polar surface area (TPSA) is 25.2 Å². The summed E-state index contributed by atoms with van der Waals surface area (Å²) in [5.41, 5.74) is 1.37. The van der Waals surface area contributed by atoms with Gasteiger partial charge in [0.1, 0.15) is 5.58 Å². The molecule has 0 fully saturated rings. The monoisotopic (exact) mass is 253 g/mol. The molecular formula is C14H17F2NO. The normalized spacial score (nSPS) is 15.2. The first-order valence-electron chi connectivity index (χ1n) is 6.12. The lowest BCUT2D eigenvalue weighted by Gasteiger charge is -2.24. The minimum atomic E-state index is -2.39. The second-order valence-corrected chi connectivity index (χ2v) is 4.42. The van der Waals surface area contributed by atoms with Gasteiger partial charge in [-0.1, -0.05) is 13.0 Å². The van der Waals surface area contributed by atoms with Gasteiger partial charge < -0.3 is 9.73 Å². The average molecular weight is 253 g/mol. The molecule has 0 aliphatic carbocycles. The fourth-order valence-corrected chi connectivity index (χ4v) is 2.29. The highest BCUT2D eigenvalue weighted by Gasteiger charge is 2.28. The van der Waals surface area contributed by atoms with Crippen LogP contribution in [0.1, 0.15) is 25.3 Å². The van der Waals surface area contributed by atoms with E-state index in [1.54, 1.807) is 37.5 Å². The Morgan fingerprint density at radius 2 is 2.06 bits per heavy atom. The molecule has 0 bridgehead atoms. The number of furan rings is 1. The lowest BCUT2D eigenvalue weighted by molar-refractivity contribution is 0.0984. The van der Waals surface area contributed by atoms with Gasteiger partial charge in [-0.05, 0) is 37.2 Å². The molecule has 2 unspecified atom stereocenters. The second kappa shape index (κ2) is 5.48. The lowest BCUT2D eigenvalue weighted by atomic mass is 9.92. The quantitative estimate of drug-likeness (QED) is 0.877. The van der Waals surface area contributed by atoms with Crippen molar-refractivity contribution in [1.29, 1.82) is 0 Å². The van der Waals surface area contributed by atoms with Crippen molar-refractivity contribution in [3.05, 3.63) is 36.1 Å². The number of likely N-dealkylation sites (N-methyl/N-ethyl adjacent to an activating group) is 1. The Balaban J connectivity index is 2.34. The van der Waals surface area contributed by atoms with Crippen molar-refractivity contribution in [3.8, 4) is 0 Å². The van der Waals surface area contributed by atoms with Crippen LogP contribution in [0.2, 0.25) is 0 Å². The van der Waals surface area contributed by atoms with E-state index in [0.717, 1.165) is 11.0 Å². The molecule has 0 aliphatic heterocycles. The zero-order valence-electron chi connectivity index (χ0n) is 10.5. The summed E-state index contributed by atoms with van der Waals surface area (Å²) >= 11 is 0. The van der Waals surface area contributed by atoms with E-state index in [0.29, 0.717) is 12.1 Å². The molecule has 98 valence electrons. The fourth-order valence-electron chi connectivity index (χ4n) is 2.29. The van der Waals surface area contributed by atoms with Crippen molar-refractivity contribution in [2.45, 2.75) is 32.2 Å². The van der Waals surface area contributed by atoms with E-state index in [9.17, 15) is 8.78 Å². The van der Waals surface area contributed by atoms with Crippen LogP contribution in [0.3, 0.4) is 0 Å². The summed E-state index contributed by atoms with van der Waals surface area (Å²) in [6, 6.07) is 6.78. The third-order valence-electron chi connectivity index (χ3n) is 3.20. The average Bonchev–Trinajstić information content (AvgIpc) is 2.76. The van der Waals surface area contributed by atoms with Crippen molar-refractivity contribution in [1.82, 2.24) is 5.32 Å². The predicted molar refractivity (Wildman–Crippen MR) is 68.1 cm³/mol. The van der Waals surface area contributed by atoms with Crippen molar-refractivity contribution >= 4 is 11.0 Å². The van der Waals surface area contributed by atoms with Crippen LogP contribution < -0.4 is 5.32 Å². The molecule has 0 radical (unpaired) electrons. The van der Waals surface area contributed by atoms with Gasteiger partial charge >= 0.3 is 0 Å².